The van der Waals surface area contributed by atoms with Crippen LogP contribution in [0.1, 0.15) is 181 Å². The zero-order valence-electron chi connectivity index (χ0n) is 35.3. The maximum atomic E-state index is 12.6. The number of hydrogen-bond donors (Lipinski definition) is 1. The fourth-order valence-corrected chi connectivity index (χ4v) is 6.49. The van der Waals surface area contributed by atoms with Gasteiger partial charge in [0.2, 0.25) is 0 Å². The molecule has 312 valence electrons. The second-order valence-electron chi connectivity index (χ2n) is 15.7. The molecule has 0 aromatic rings. The lowest BCUT2D eigenvalue weighted by molar-refractivity contribution is -0.870. The van der Waals surface area contributed by atoms with Crippen molar-refractivity contribution in [2.75, 3.05) is 54.1 Å². The third kappa shape index (κ3) is 41.7. The van der Waals surface area contributed by atoms with Crippen LogP contribution in [0.25, 0.3) is 0 Å². The Morgan fingerprint density at radius 2 is 1.04 bits per heavy atom. The highest BCUT2D eigenvalue weighted by atomic mass is 31.2. The molecule has 53 heavy (non-hydrogen) atoms. The summed E-state index contributed by atoms with van der Waals surface area (Å²) < 4.78 is 34.9. The quantitative estimate of drug-likeness (QED) is 0.0218. The zero-order chi connectivity index (χ0) is 39.1. The number of allylic oxidation sites excluding steroid dienone is 6. The summed E-state index contributed by atoms with van der Waals surface area (Å²) >= 11 is 0. The lowest BCUT2D eigenvalue weighted by Gasteiger charge is -2.24. The van der Waals surface area contributed by atoms with E-state index in [0.717, 1.165) is 51.4 Å². The monoisotopic (exact) mass is 771 g/mol. The van der Waals surface area contributed by atoms with Crippen molar-refractivity contribution >= 4 is 13.8 Å². The minimum absolute atomic E-state index is 0.0855. The zero-order valence-corrected chi connectivity index (χ0v) is 36.1. The molecule has 0 rings (SSSR count). The van der Waals surface area contributed by atoms with Crippen LogP contribution in [0.5, 0.6) is 0 Å². The Morgan fingerprint density at radius 3 is 1.58 bits per heavy atom. The Labute approximate surface area is 327 Å². The number of hydrogen-bond acceptors (Lipinski definition) is 6. The van der Waals surface area contributed by atoms with Crippen molar-refractivity contribution in [1.82, 2.24) is 0 Å². The van der Waals surface area contributed by atoms with Gasteiger partial charge in [0, 0.05) is 13.0 Å². The molecule has 0 spiro atoms. The summed E-state index contributed by atoms with van der Waals surface area (Å²) in [5.74, 6) is -0.326. The molecule has 0 aromatic carbocycles. The number of quaternary nitrogens is 1. The molecule has 9 heteroatoms. The lowest BCUT2D eigenvalue weighted by atomic mass is 10.1. The van der Waals surface area contributed by atoms with Gasteiger partial charge in [0.15, 0.2) is 0 Å². The normalized spacial score (nSPS) is 14.2. The van der Waals surface area contributed by atoms with Crippen LogP contribution in [-0.2, 0) is 27.9 Å². The number of carbonyl (C=O) groups excluding carboxylic acids is 1. The largest absolute Gasteiger partial charge is 0.472 e. The first-order chi connectivity index (χ1) is 25.6. The van der Waals surface area contributed by atoms with Gasteiger partial charge in [-0.2, -0.15) is 0 Å². The number of likely N-dealkylation sites (N-methyl/N-ethyl adjacent to an activating group) is 1. The molecule has 2 atom stereocenters. The Bertz CT molecular complexity index is 947. The van der Waals surface area contributed by atoms with Crippen LogP contribution in [0.3, 0.4) is 0 Å². The minimum atomic E-state index is -4.27. The van der Waals surface area contributed by atoms with Gasteiger partial charge in [-0.15, -0.1) is 0 Å². The predicted molar refractivity (Wildman–Crippen MR) is 224 cm³/mol. The molecule has 0 amide bonds. The molecule has 0 aliphatic heterocycles. The molecule has 1 N–H and O–H groups in total. The molecule has 0 saturated carbocycles. The number of esters is 1. The highest BCUT2D eigenvalue weighted by Crippen LogP contribution is 2.43. The molecule has 0 bridgehead atoms. The Morgan fingerprint density at radius 1 is 0.585 bits per heavy atom. The van der Waals surface area contributed by atoms with Crippen LogP contribution >= 0.6 is 7.82 Å². The molecule has 2 unspecified atom stereocenters. The summed E-state index contributed by atoms with van der Waals surface area (Å²) in [7, 11) is 1.66. The molecule has 0 aromatic heterocycles. The van der Waals surface area contributed by atoms with E-state index in [2.05, 4.69) is 50.3 Å². The molecule has 0 radical (unpaired) electrons. The Kier molecular flexibility index (Phi) is 36.7. The second-order valence-corrected chi connectivity index (χ2v) is 17.2. The van der Waals surface area contributed by atoms with Crippen molar-refractivity contribution in [2.24, 2.45) is 0 Å². The van der Waals surface area contributed by atoms with Gasteiger partial charge in [0.05, 0.1) is 34.4 Å². The van der Waals surface area contributed by atoms with E-state index in [-0.39, 0.29) is 25.8 Å². The minimum Gasteiger partial charge on any atom is -0.457 e. The van der Waals surface area contributed by atoms with Crippen molar-refractivity contribution in [3.63, 3.8) is 0 Å². The topological polar surface area (TPSA) is 91.3 Å². The average Bonchev–Trinajstić information content (AvgIpc) is 3.11. The molecule has 0 aliphatic carbocycles. The van der Waals surface area contributed by atoms with Gasteiger partial charge < -0.3 is 18.9 Å². The van der Waals surface area contributed by atoms with E-state index in [1.165, 1.54) is 109 Å². The standard InChI is InChI=1S/C44H84NO7P/c1-6-8-10-12-14-16-18-20-21-22-23-24-25-26-28-30-32-34-36-39-49-41-43(42-51-53(47,48)50-40-38-45(3,4)5)52-44(46)37-35-33-31-29-27-19-17-15-13-11-9-7-2/h15-18,21-22,43H,6-14,19-20,23-42H2,1-5H3/p+1/b17-15-,18-16-,22-21-. The van der Waals surface area contributed by atoms with E-state index >= 15 is 0 Å². The summed E-state index contributed by atoms with van der Waals surface area (Å²) in [6.45, 7) is 5.56. The first kappa shape index (κ1) is 51.7. The van der Waals surface area contributed by atoms with Gasteiger partial charge in [-0.1, -0.05) is 140 Å². The first-order valence-corrected chi connectivity index (χ1v) is 23.2. The number of phosphoric ester groups is 1. The third-order valence-electron chi connectivity index (χ3n) is 9.17. The summed E-state index contributed by atoms with van der Waals surface area (Å²) in [6, 6.07) is 0. The van der Waals surface area contributed by atoms with Crippen molar-refractivity contribution in [2.45, 2.75) is 187 Å². The van der Waals surface area contributed by atoms with E-state index in [9.17, 15) is 14.3 Å². The average molecular weight is 771 g/mol. The summed E-state index contributed by atoms with van der Waals surface area (Å²) in [4.78, 5) is 22.8. The predicted octanol–water partition coefficient (Wildman–Crippen LogP) is 12.6. The number of nitrogens with zero attached hydrogens (tertiary/aromatic N) is 1. The van der Waals surface area contributed by atoms with E-state index in [1.807, 2.05) is 21.1 Å². The van der Waals surface area contributed by atoms with Crippen molar-refractivity contribution in [1.29, 1.82) is 0 Å². The van der Waals surface area contributed by atoms with Gasteiger partial charge in [-0.25, -0.2) is 4.57 Å². The van der Waals surface area contributed by atoms with Crippen molar-refractivity contribution in [3.8, 4) is 0 Å². The third-order valence-corrected chi connectivity index (χ3v) is 10.2. The van der Waals surface area contributed by atoms with Gasteiger partial charge in [-0.3, -0.25) is 13.8 Å². The molecule has 0 aliphatic rings. The lowest BCUT2D eigenvalue weighted by Crippen LogP contribution is -2.37. The molecule has 0 saturated heterocycles. The van der Waals surface area contributed by atoms with Crippen LogP contribution in [0.15, 0.2) is 36.5 Å². The molecular weight excluding hydrogens is 685 g/mol. The van der Waals surface area contributed by atoms with Crippen LogP contribution in [0.4, 0.5) is 0 Å². The first-order valence-electron chi connectivity index (χ1n) is 21.7. The molecule has 0 fully saturated rings. The van der Waals surface area contributed by atoms with Crippen LogP contribution in [-0.4, -0.2) is 75.6 Å². The fraction of sp³-hybridized carbons (Fsp3) is 0.841. The fourth-order valence-electron chi connectivity index (χ4n) is 5.75. The molecular formula is C44H85NO7P+. The van der Waals surface area contributed by atoms with Gasteiger partial charge in [0.25, 0.3) is 0 Å². The smallest absolute Gasteiger partial charge is 0.457 e. The number of unbranched alkanes of at least 4 members (excludes halogenated alkanes) is 20. The maximum absolute atomic E-state index is 12.6. The Balaban J connectivity index is 4.22. The van der Waals surface area contributed by atoms with Crippen LogP contribution in [0, 0.1) is 0 Å². The highest BCUT2D eigenvalue weighted by molar-refractivity contribution is 7.47. The Hall–Kier alpha value is -1.28. The summed E-state index contributed by atoms with van der Waals surface area (Å²) in [6.07, 6.45) is 43.1. The SMILES string of the molecule is CCCCC/C=C\CCCCCCCC(=O)OC(COCCCCCCCCCC/C=C\C/C=C\CCCCCC)COP(=O)(O)OCC[N+](C)(C)C. The van der Waals surface area contributed by atoms with E-state index in [4.69, 9.17) is 18.5 Å². The molecule has 8 nitrogen and oxygen atoms in total. The number of ether oxygens (including phenoxy) is 2. The highest BCUT2D eigenvalue weighted by Gasteiger charge is 2.26. The van der Waals surface area contributed by atoms with Crippen molar-refractivity contribution < 1.29 is 37.3 Å². The summed E-state index contributed by atoms with van der Waals surface area (Å²) in [5, 5.41) is 0. The number of carbonyl (C=O) groups is 1. The number of phosphoric acid groups is 1. The number of rotatable bonds is 40. The second kappa shape index (κ2) is 37.6. The van der Waals surface area contributed by atoms with Gasteiger partial charge >= 0.3 is 13.8 Å². The maximum Gasteiger partial charge on any atom is 0.472 e. The van der Waals surface area contributed by atoms with E-state index < -0.39 is 13.9 Å². The summed E-state index contributed by atoms with van der Waals surface area (Å²) in [5.41, 5.74) is 0. The molecule has 0 heterocycles. The van der Waals surface area contributed by atoms with Crippen molar-refractivity contribution in [3.05, 3.63) is 36.5 Å². The van der Waals surface area contributed by atoms with E-state index in [1.54, 1.807) is 0 Å². The van der Waals surface area contributed by atoms with Gasteiger partial charge in [-0.05, 0) is 70.6 Å². The van der Waals surface area contributed by atoms with Crippen LogP contribution in [0.2, 0.25) is 0 Å². The van der Waals surface area contributed by atoms with Crippen LogP contribution < -0.4 is 0 Å². The van der Waals surface area contributed by atoms with Gasteiger partial charge in [0.1, 0.15) is 19.3 Å². The van der Waals surface area contributed by atoms with E-state index in [0.29, 0.717) is 24.1 Å².